The van der Waals surface area contributed by atoms with Crippen molar-refractivity contribution in [3.8, 4) is 0 Å². The summed E-state index contributed by atoms with van der Waals surface area (Å²) in [5, 5.41) is 7.99. The highest BCUT2D eigenvalue weighted by molar-refractivity contribution is 5.79. The van der Waals surface area contributed by atoms with Crippen molar-refractivity contribution in [2.45, 2.75) is 19.9 Å². The van der Waals surface area contributed by atoms with Gasteiger partial charge in [-0.05, 0) is 25.1 Å². The second-order valence-electron chi connectivity index (χ2n) is 4.67. The first-order chi connectivity index (χ1) is 9.15. The average Bonchev–Trinajstić information content (AvgIpc) is 2.90. The monoisotopic (exact) mass is 256 g/mol. The molecule has 0 radical (unpaired) electrons. The van der Waals surface area contributed by atoms with Gasteiger partial charge in [-0.1, -0.05) is 0 Å². The Morgan fingerprint density at radius 2 is 2.16 bits per heavy atom. The molecule has 2 N–H and O–H groups in total. The molecule has 19 heavy (non-hydrogen) atoms. The van der Waals surface area contributed by atoms with Crippen LogP contribution in [-0.4, -0.2) is 24.3 Å². The smallest absolute Gasteiger partial charge is 0.134 e. The van der Waals surface area contributed by atoms with Gasteiger partial charge in [0.15, 0.2) is 0 Å². The predicted molar refractivity (Wildman–Crippen MR) is 73.6 cm³/mol. The highest BCUT2D eigenvalue weighted by Crippen LogP contribution is 2.19. The van der Waals surface area contributed by atoms with Crippen molar-refractivity contribution in [2.75, 3.05) is 5.73 Å². The van der Waals surface area contributed by atoms with Crippen LogP contribution < -0.4 is 5.73 Å². The summed E-state index contributed by atoms with van der Waals surface area (Å²) in [6.45, 7) is 2.84. The third-order valence-corrected chi connectivity index (χ3v) is 3.33. The highest BCUT2D eigenvalue weighted by atomic mass is 15.2. The topological polar surface area (TPSA) is 74.6 Å². The molecule has 0 aliphatic carbocycles. The summed E-state index contributed by atoms with van der Waals surface area (Å²) in [5.74, 6) is 1.96. The summed E-state index contributed by atoms with van der Waals surface area (Å²) in [7, 11) is 1.95. The van der Waals surface area contributed by atoms with Crippen molar-refractivity contribution in [1.29, 1.82) is 0 Å². The molecule has 2 heterocycles. The van der Waals surface area contributed by atoms with Crippen LogP contribution in [0.3, 0.4) is 0 Å². The lowest BCUT2D eigenvalue weighted by Gasteiger charge is -2.06. The van der Waals surface area contributed by atoms with E-state index in [9.17, 15) is 0 Å². The molecule has 1 aromatic carbocycles. The van der Waals surface area contributed by atoms with Crippen LogP contribution in [0.15, 0.2) is 24.5 Å². The fourth-order valence-electron chi connectivity index (χ4n) is 2.29. The first-order valence-corrected chi connectivity index (χ1v) is 6.20. The van der Waals surface area contributed by atoms with Gasteiger partial charge in [0.05, 0.1) is 11.0 Å². The van der Waals surface area contributed by atoms with Crippen molar-refractivity contribution in [2.24, 2.45) is 7.05 Å². The largest absolute Gasteiger partial charge is 0.399 e. The van der Waals surface area contributed by atoms with Crippen molar-refractivity contribution < 1.29 is 0 Å². The van der Waals surface area contributed by atoms with Crippen molar-refractivity contribution in [3.63, 3.8) is 0 Å². The van der Waals surface area contributed by atoms with Gasteiger partial charge in [-0.2, -0.15) is 0 Å². The van der Waals surface area contributed by atoms with E-state index < -0.39 is 0 Å². The number of rotatable bonds is 3. The molecule has 0 fully saturated rings. The molecule has 0 spiro atoms. The van der Waals surface area contributed by atoms with Crippen molar-refractivity contribution >= 4 is 16.7 Å². The van der Waals surface area contributed by atoms with Gasteiger partial charge in [0.25, 0.3) is 0 Å². The zero-order chi connectivity index (χ0) is 13.4. The van der Waals surface area contributed by atoms with Crippen LogP contribution in [0.4, 0.5) is 5.69 Å². The Morgan fingerprint density at radius 1 is 1.32 bits per heavy atom. The van der Waals surface area contributed by atoms with Crippen LogP contribution in [0.1, 0.15) is 11.6 Å². The number of anilines is 1. The van der Waals surface area contributed by atoms with Crippen LogP contribution in [0, 0.1) is 6.92 Å². The number of fused-ring (bicyclic) bond motifs is 1. The van der Waals surface area contributed by atoms with E-state index in [1.807, 2.05) is 36.7 Å². The van der Waals surface area contributed by atoms with Gasteiger partial charge in [0.2, 0.25) is 0 Å². The van der Waals surface area contributed by atoms with E-state index >= 15 is 0 Å². The minimum Gasteiger partial charge on any atom is -0.399 e. The normalized spacial score (nSPS) is 11.3. The number of nitrogens with two attached hydrogens (primary N) is 1. The molecule has 0 unspecified atom stereocenters. The molecule has 98 valence electrons. The number of hydrogen-bond donors (Lipinski definition) is 1. The standard InChI is InChI=1S/C13H16N6/c1-9-16-11-7-10(14)3-4-12(11)19(9)6-5-13-17-15-8-18(13)2/h3-4,7-8H,5-6,14H2,1-2H3. The maximum atomic E-state index is 5.78. The summed E-state index contributed by atoms with van der Waals surface area (Å²) < 4.78 is 4.12. The number of aromatic nitrogens is 5. The third kappa shape index (κ3) is 2.05. The second-order valence-corrected chi connectivity index (χ2v) is 4.67. The number of aryl methyl sites for hydroxylation is 4. The number of imidazole rings is 1. The van der Waals surface area contributed by atoms with Gasteiger partial charge in [-0.25, -0.2) is 4.98 Å². The lowest BCUT2D eigenvalue weighted by molar-refractivity contribution is 0.647. The van der Waals surface area contributed by atoms with E-state index in [0.29, 0.717) is 0 Å². The molecular formula is C13H16N6. The molecule has 0 saturated carbocycles. The lowest BCUT2D eigenvalue weighted by atomic mass is 10.3. The minimum atomic E-state index is 0.741. The van der Waals surface area contributed by atoms with Gasteiger partial charge in [-0.15, -0.1) is 10.2 Å². The number of benzene rings is 1. The SMILES string of the molecule is Cc1nc2cc(N)ccc2n1CCc1nncn1C. The van der Waals surface area contributed by atoms with E-state index in [0.717, 1.165) is 41.3 Å². The molecule has 3 aromatic rings. The molecule has 0 aliphatic heterocycles. The summed E-state index contributed by atoms with van der Waals surface area (Å²) in [5.41, 5.74) is 8.57. The Labute approximate surface area is 110 Å². The Bertz CT molecular complexity index is 724. The highest BCUT2D eigenvalue weighted by Gasteiger charge is 2.09. The molecule has 2 aromatic heterocycles. The van der Waals surface area contributed by atoms with Gasteiger partial charge in [0.1, 0.15) is 18.0 Å². The number of nitrogen functional groups attached to an aromatic ring is 1. The van der Waals surface area contributed by atoms with Crippen LogP contribution in [0.2, 0.25) is 0 Å². The molecular weight excluding hydrogens is 240 g/mol. The Hall–Kier alpha value is -2.37. The maximum Gasteiger partial charge on any atom is 0.134 e. The summed E-state index contributed by atoms with van der Waals surface area (Å²) in [6.07, 6.45) is 2.54. The number of hydrogen-bond acceptors (Lipinski definition) is 4. The van der Waals surface area contributed by atoms with Gasteiger partial charge in [-0.3, -0.25) is 0 Å². The van der Waals surface area contributed by atoms with E-state index in [1.54, 1.807) is 6.33 Å². The molecule has 0 amide bonds. The van der Waals surface area contributed by atoms with E-state index in [2.05, 4.69) is 19.7 Å². The van der Waals surface area contributed by atoms with E-state index in [-0.39, 0.29) is 0 Å². The minimum absolute atomic E-state index is 0.741. The lowest BCUT2D eigenvalue weighted by Crippen LogP contribution is -2.07. The predicted octanol–water partition coefficient (Wildman–Crippen LogP) is 1.30. The summed E-state index contributed by atoms with van der Waals surface area (Å²) in [4.78, 5) is 4.54. The molecule has 0 saturated heterocycles. The van der Waals surface area contributed by atoms with Crippen LogP contribution in [-0.2, 0) is 20.0 Å². The summed E-state index contributed by atoms with van der Waals surface area (Å²) in [6, 6.07) is 5.82. The summed E-state index contributed by atoms with van der Waals surface area (Å²) >= 11 is 0. The van der Waals surface area contributed by atoms with Gasteiger partial charge >= 0.3 is 0 Å². The van der Waals surface area contributed by atoms with Crippen LogP contribution in [0.25, 0.3) is 11.0 Å². The van der Waals surface area contributed by atoms with Crippen molar-refractivity contribution in [3.05, 3.63) is 36.2 Å². The van der Waals surface area contributed by atoms with Gasteiger partial charge < -0.3 is 14.9 Å². The average molecular weight is 256 g/mol. The van der Waals surface area contributed by atoms with Gasteiger partial charge in [0, 0.05) is 25.7 Å². The first kappa shape index (κ1) is 11.7. The van der Waals surface area contributed by atoms with E-state index in [1.165, 1.54) is 0 Å². The number of nitrogens with zero attached hydrogens (tertiary/aromatic N) is 5. The zero-order valence-electron chi connectivity index (χ0n) is 11.0. The van der Waals surface area contributed by atoms with E-state index in [4.69, 9.17) is 5.73 Å². The molecule has 3 rings (SSSR count). The van der Waals surface area contributed by atoms with Crippen LogP contribution >= 0.6 is 0 Å². The molecule has 0 aliphatic rings. The fourth-order valence-corrected chi connectivity index (χ4v) is 2.29. The first-order valence-electron chi connectivity index (χ1n) is 6.20. The Kier molecular flexibility index (Phi) is 2.70. The zero-order valence-corrected chi connectivity index (χ0v) is 11.0. The Morgan fingerprint density at radius 3 is 2.89 bits per heavy atom. The molecule has 0 bridgehead atoms. The maximum absolute atomic E-state index is 5.78. The fraction of sp³-hybridized carbons (Fsp3) is 0.308. The molecule has 0 atom stereocenters. The third-order valence-electron chi connectivity index (χ3n) is 3.33. The quantitative estimate of drug-likeness (QED) is 0.717. The van der Waals surface area contributed by atoms with Crippen LogP contribution in [0.5, 0.6) is 0 Å². The Balaban J connectivity index is 1.92. The van der Waals surface area contributed by atoms with Crippen molar-refractivity contribution in [1.82, 2.24) is 24.3 Å². The molecule has 6 nitrogen and oxygen atoms in total. The molecule has 6 heteroatoms. The second kappa shape index (κ2) is 4.38.